The SMILES string of the molecule is CC(=O)C1(c2ccccc2)CCN(Cc2nc(C(=O)NC(C)c3ccccc3)co2)CC1. The third-order valence-corrected chi connectivity index (χ3v) is 6.50. The third kappa shape index (κ3) is 4.65. The van der Waals surface area contributed by atoms with Gasteiger partial charge in [0.25, 0.3) is 5.91 Å². The number of piperidine rings is 1. The second kappa shape index (κ2) is 9.49. The van der Waals surface area contributed by atoms with Gasteiger partial charge in [-0.05, 0) is 50.9 Å². The summed E-state index contributed by atoms with van der Waals surface area (Å²) in [5.41, 5.74) is 1.98. The molecule has 32 heavy (non-hydrogen) atoms. The number of amides is 1. The maximum absolute atomic E-state index is 12.6. The van der Waals surface area contributed by atoms with Crippen LogP contribution in [0.15, 0.2) is 71.3 Å². The van der Waals surface area contributed by atoms with Crippen LogP contribution in [-0.4, -0.2) is 34.7 Å². The highest BCUT2D eigenvalue weighted by molar-refractivity contribution is 5.92. The molecule has 6 heteroatoms. The van der Waals surface area contributed by atoms with Gasteiger partial charge in [0.2, 0.25) is 5.89 Å². The van der Waals surface area contributed by atoms with Crippen LogP contribution >= 0.6 is 0 Å². The van der Waals surface area contributed by atoms with E-state index in [-0.39, 0.29) is 23.4 Å². The Morgan fingerprint density at radius 2 is 1.69 bits per heavy atom. The molecule has 0 bridgehead atoms. The van der Waals surface area contributed by atoms with Crippen LogP contribution in [0.25, 0.3) is 0 Å². The minimum Gasteiger partial charge on any atom is -0.447 e. The number of likely N-dealkylation sites (tertiary alicyclic amines) is 1. The average Bonchev–Trinajstić information content (AvgIpc) is 3.29. The molecule has 1 aliphatic heterocycles. The molecule has 1 aliphatic rings. The van der Waals surface area contributed by atoms with Crippen molar-refractivity contribution in [3.8, 4) is 0 Å². The van der Waals surface area contributed by atoms with Gasteiger partial charge in [0.1, 0.15) is 12.0 Å². The number of aromatic nitrogens is 1. The van der Waals surface area contributed by atoms with Crippen LogP contribution in [0.1, 0.15) is 60.2 Å². The van der Waals surface area contributed by atoms with Crippen molar-refractivity contribution in [3.05, 3.63) is 89.6 Å². The van der Waals surface area contributed by atoms with Crippen molar-refractivity contribution in [2.24, 2.45) is 0 Å². The Balaban J connectivity index is 1.35. The van der Waals surface area contributed by atoms with Gasteiger partial charge in [-0.15, -0.1) is 0 Å². The van der Waals surface area contributed by atoms with Crippen molar-refractivity contribution >= 4 is 11.7 Å². The summed E-state index contributed by atoms with van der Waals surface area (Å²) in [6, 6.07) is 19.7. The fourth-order valence-corrected chi connectivity index (χ4v) is 4.47. The number of hydrogen-bond acceptors (Lipinski definition) is 5. The summed E-state index contributed by atoms with van der Waals surface area (Å²) in [6.07, 6.45) is 2.93. The van der Waals surface area contributed by atoms with Crippen LogP contribution in [0.3, 0.4) is 0 Å². The van der Waals surface area contributed by atoms with Crippen molar-refractivity contribution in [3.63, 3.8) is 0 Å². The zero-order chi connectivity index (χ0) is 22.6. The number of ketones is 1. The number of Topliss-reactive ketones (excluding diaryl/α,β-unsaturated/α-hetero) is 1. The minimum absolute atomic E-state index is 0.122. The normalized spacial score (nSPS) is 16.9. The molecule has 1 aromatic heterocycles. The molecule has 2 aromatic carbocycles. The highest BCUT2D eigenvalue weighted by Gasteiger charge is 2.40. The third-order valence-electron chi connectivity index (χ3n) is 6.50. The largest absolute Gasteiger partial charge is 0.447 e. The Morgan fingerprint density at radius 3 is 2.31 bits per heavy atom. The van der Waals surface area contributed by atoms with Crippen LogP contribution < -0.4 is 5.32 Å². The molecule has 1 atom stereocenters. The number of carbonyl (C=O) groups is 2. The van der Waals surface area contributed by atoms with Crippen LogP contribution in [0, 0.1) is 0 Å². The van der Waals surface area contributed by atoms with Gasteiger partial charge in [0, 0.05) is 0 Å². The van der Waals surface area contributed by atoms with E-state index >= 15 is 0 Å². The number of hydrogen-bond donors (Lipinski definition) is 1. The maximum Gasteiger partial charge on any atom is 0.273 e. The summed E-state index contributed by atoms with van der Waals surface area (Å²) < 4.78 is 5.58. The first-order valence-electron chi connectivity index (χ1n) is 11.1. The van der Waals surface area contributed by atoms with E-state index in [1.54, 1.807) is 6.92 Å². The molecule has 4 rings (SSSR count). The number of nitrogens with one attached hydrogen (secondary N) is 1. The first kappa shape index (κ1) is 22.0. The van der Waals surface area contributed by atoms with Gasteiger partial charge in [-0.1, -0.05) is 60.7 Å². The molecule has 3 aromatic rings. The lowest BCUT2D eigenvalue weighted by molar-refractivity contribution is -0.124. The summed E-state index contributed by atoms with van der Waals surface area (Å²) in [6.45, 7) is 5.69. The van der Waals surface area contributed by atoms with E-state index in [2.05, 4.69) is 15.2 Å². The van der Waals surface area contributed by atoms with Crippen molar-refractivity contribution in [2.75, 3.05) is 13.1 Å². The van der Waals surface area contributed by atoms with Crippen molar-refractivity contribution < 1.29 is 14.0 Å². The first-order valence-corrected chi connectivity index (χ1v) is 11.1. The number of carbonyl (C=O) groups excluding carboxylic acids is 2. The predicted octanol–water partition coefficient (Wildman–Crippen LogP) is 4.29. The summed E-state index contributed by atoms with van der Waals surface area (Å²) in [7, 11) is 0. The Kier molecular flexibility index (Phi) is 6.51. The lowest BCUT2D eigenvalue weighted by atomic mass is 9.70. The molecule has 1 fully saturated rings. The summed E-state index contributed by atoms with van der Waals surface area (Å²) >= 11 is 0. The Bertz CT molecular complexity index is 1050. The molecule has 1 N–H and O–H groups in total. The summed E-state index contributed by atoms with van der Waals surface area (Å²) in [5, 5.41) is 2.96. The van der Waals surface area contributed by atoms with Gasteiger partial charge in [-0.25, -0.2) is 4.98 Å². The minimum atomic E-state index is -0.424. The van der Waals surface area contributed by atoms with Crippen molar-refractivity contribution in [1.82, 2.24) is 15.2 Å². The number of nitrogens with zero attached hydrogens (tertiary/aromatic N) is 2. The molecule has 1 saturated heterocycles. The summed E-state index contributed by atoms with van der Waals surface area (Å²) in [4.78, 5) is 31.7. The van der Waals surface area contributed by atoms with E-state index in [1.165, 1.54) is 6.26 Å². The van der Waals surface area contributed by atoms with Crippen LogP contribution in [0.2, 0.25) is 0 Å². The quantitative estimate of drug-likeness (QED) is 0.604. The van der Waals surface area contributed by atoms with E-state index in [1.807, 2.05) is 67.6 Å². The average molecular weight is 432 g/mol. The van der Waals surface area contributed by atoms with Crippen molar-refractivity contribution in [2.45, 2.75) is 44.7 Å². The molecule has 1 amide bonds. The second-order valence-electron chi connectivity index (χ2n) is 8.51. The standard InChI is InChI=1S/C26H29N3O3/c1-19(21-9-5-3-6-10-21)27-25(31)23-18-32-24(28-23)17-29-15-13-26(14-16-29,20(2)30)22-11-7-4-8-12-22/h3-12,18-19H,13-17H2,1-2H3,(H,27,31). The zero-order valence-corrected chi connectivity index (χ0v) is 18.6. The smallest absolute Gasteiger partial charge is 0.273 e. The Hall–Kier alpha value is -3.25. The van der Waals surface area contributed by atoms with Gasteiger partial charge in [0.15, 0.2) is 5.69 Å². The molecule has 0 spiro atoms. The Morgan fingerprint density at radius 1 is 1.06 bits per heavy atom. The number of benzene rings is 2. The fraction of sp³-hybridized carbons (Fsp3) is 0.346. The van der Waals surface area contributed by atoms with Crippen LogP contribution in [0.5, 0.6) is 0 Å². The molecular formula is C26H29N3O3. The molecule has 6 nitrogen and oxygen atoms in total. The van der Waals surface area contributed by atoms with Gasteiger partial charge < -0.3 is 9.73 Å². The van der Waals surface area contributed by atoms with Gasteiger partial charge >= 0.3 is 0 Å². The lowest BCUT2D eigenvalue weighted by Crippen LogP contribution is -2.46. The number of rotatable bonds is 7. The van der Waals surface area contributed by atoms with E-state index in [0.29, 0.717) is 12.4 Å². The van der Waals surface area contributed by atoms with Gasteiger partial charge in [-0.2, -0.15) is 0 Å². The van der Waals surface area contributed by atoms with Gasteiger partial charge in [0.05, 0.1) is 18.0 Å². The second-order valence-corrected chi connectivity index (χ2v) is 8.51. The molecule has 1 unspecified atom stereocenters. The molecule has 166 valence electrons. The molecule has 0 saturated carbocycles. The molecule has 0 aliphatic carbocycles. The first-order chi connectivity index (χ1) is 15.5. The maximum atomic E-state index is 12.6. The molecule has 0 radical (unpaired) electrons. The molecule has 2 heterocycles. The topological polar surface area (TPSA) is 75.4 Å². The van der Waals surface area contributed by atoms with E-state index in [9.17, 15) is 9.59 Å². The zero-order valence-electron chi connectivity index (χ0n) is 18.6. The fourth-order valence-electron chi connectivity index (χ4n) is 4.47. The monoisotopic (exact) mass is 431 g/mol. The van der Waals surface area contributed by atoms with Crippen LogP contribution in [0.4, 0.5) is 0 Å². The van der Waals surface area contributed by atoms with Gasteiger partial charge in [-0.3, -0.25) is 14.5 Å². The van der Waals surface area contributed by atoms with Crippen LogP contribution in [-0.2, 0) is 16.8 Å². The predicted molar refractivity (Wildman–Crippen MR) is 122 cm³/mol. The summed E-state index contributed by atoms with van der Waals surface area (Å²) in [5.74, 6) is 0.471. The molecular weight excluding hydrogens is 402 g/mol. The van der Waals surface area contributed by atoms with Crippen molar-refractivity contribution in [1.29, 1.82) is 0 Å². The van der Waals surface area contributed by atoms with E-state index < -0.39 is 5.41 Å². The lowest BCUT2D eigenvalue weighted by Gasteiger charge is -2.40. The van der Waals surface area contributed by atoms with E-state index in [0.717, 1.165) is 37.1 Å². The van der Waals surface area contributed by atoms with E-state index in [4.69, 9.17) is 4.42 Å². The number of oxazole rings is 1. The highest BCUT2D eigenvalue weighted by Crippen LogP contribution is 2.36. The Labute approximate surface area is 188 Å². The highest BCUT2D eigenvalue weighted by atomic mass is 16.3.